The summed E-state index contributed by atoms with van der Waals surface area (Å²) in [7, 11) is -0.629. The van der Waals surface area contributed by atoms with Crippen molar-refractivity contribution in [3.05, 3.63) is 17.7 Å². The minimum Gasteiger partial charge on any atom is -0.444 e. The van der Waals surface area contributed by atoms with Crippen molar-refractivity contribution in [3.63, 3.8) is 0 Å². The Morgan fingerprint density at radius 2 is 1.72 bits per heavy atom. The van der Waals surface area contributed by atoms with Gasteiger partial charge in [-0.05, 0) is 58.2 Å². The highest BCUT2D eigenvalue weighted by molar-refractivity contribution is 7.94. The summed E-state index contributed by atoms with van der Waals surface area (Å²) in [4.78, 5) is 26.8. The van der Waals surface area contributed by atoms with E-state index in [9.17, 15) is 18.0 Å². The van der Waals surface area contributed by atoms with E-state index in [4.69, 9.17) is 4.74 Å². The molecule has 1 aromatic carbocycles. The average Bonchev–Trinajstić information content (AvgIpc) is 3.15. The van der Waals surface area contributed by atoms with Crippen LogP contribution in [0.5, 0.6) is 0 Å². The van der Waals surface area contributed by atoms with Gasteiger partial charge in [0.05, 0.1) is 11.4 Å². The second kappa shape index (κ2) is 7.08. The van der Waals surface area contributed by atoms with E-state index in [1.807, 2.05) is 0 Å². The van der Waals surface area contributed by atoms with Crippen molar-refractivity contribution in [1.29, 1.82) is 0 Å². The lowest BCUT2D eigenvalue weighted by atomic mass is 10.1. The molecule has 2 aliphatic rings. The van der Waals surface area contributed by atoms with Crippen molar-refractivity contribution < 1.29 is 22.7 Å². The number of benzene rings is 1. The molecule has 160 valence electrons. The molecule has 1 saturated heterocycles. The fourth-order valence-corrected chi connectivity index (χ4v) is 4.70. The van der Waals surface area contributed by atoms with Gasteiger partial charge in [0.1, 0.15) is 11.6 Å². The van der Waals surface area contributed by atoms with E-state index in [-0.39, 0.29) is 5.91 Å². The third-order valence-electron chi connectivity index (χ3n) is 5.13. The molecule has 0 aromatic heterocycles. The lowest BCUT2D eigenvalue weighted by Crippen LogP contribution is -2.45. The molecule has 1 fully saturated rings. The van der Waals surface area contributed by atoms with E-state index in [1.54, 1.807) is 39.8 Å². The van der Waals surface area contributed by atoms with Crippen molar-refractivity contribution in [1.82, 2.24) is 4.90 Å². The number of amides is 2. The molecule has 10 heteroatoms. The van der Waals surface area contributed by atoms with Crippen LogP contribution in [0.15, 0.2) is 12.1 Å². The van der Waals surface area contributed by atoms with E-state index >= 15 is 0 Å². The van der Waals surface area contributed by atoms with Crippen LogP contribution in [-0.2, 0) is 19.7 Å². The van der Waals surface area contributed by atoms with Crippen LogP contribution >= 0.6 is 0 Å². The Balaban J connectivity index is 1.81. The van der Waals surface area contributed by atoms with Crippen molar-refractivity contribution in [3.8, 4) is 0 Å². The third-order valence-corrected chi connectivity index (χ3v) is 6.91. The lowest BCUT2D eigenvalue weighted by Gasteiger charge is -2.28. The summed E-state index contributed by atoms with van der Waals surface area (Å²) in [6, 6.07) is 2.75. The minimum atomic E-state index is -3.59. The second-order valence-corrected chi connectivity index (χ2v) is 10.4. The largest absolute Gasteiger partial charge is 0.444 e. The molecule has 2 amide bonds. The highest BCUT2D eigenvalue weighted by atomic mass is 32.2. The van der Waals surface area contributed by atoms with E-state index in [0.717, 1.165) is 5.56 Å². The maximum atomic E-state index is 12.9. The first-order valence-corrected chi connectivity index (χ1v) is 10.9. The first kappa shape index (κ1) is 21.2. The molecule has 1 N–H and O–H groups in total. The number of carbonyl (C=O) groups excluding carboxylic acids is 2. The average molecular weight is 425 g/mol. The first-order chi connectivity index (χ1) is 13.3. The number of nitrogens with zero attached hydrogens (tertiary/aromatic N) is 3. The van der Waals surface area contributed by atoms with Crippen LogP contribution in [0, 0.1) is 6.92 Å². The Bertz CT molecular complexity index is 954. The van der Waals surface area contributed by atoms with Crippen LogP contribution in [-0.4, -0.2) is 57.6 Å². The van der Waals surface area contributed by atoms with Crippen molar-refractivity contribution in [2.24, 2.45) is 0 Å². The molecule has 1 atom stereocenters. The van der Waals surface area contributed by atoms with Crippen molar-refractivity contribution >= 4 is 39.3 Å². The summed E-state index contributed by atoms with van der Waals surface area (Å²) in [6.07, 6.45) is 0.756. The number of fused-ring (bicyclic) bond motifs is 1. The zero-order chi connectivity index (χ0) is 21.7. The zero-order valence-electron chi connectivity index (χ0n) is 17.6. The van der Waals surface area contributed by atoms with Crippen molar-refractivity contribution in [2.45, 2.75) is 52.2 Å². The molecule has 29 heavy (non-hydrogen) atoms. The number of likely N-dealkylation sites (tertiary alicyclic amines) is 1. The number of aryl methyl sites for hydroxylation is 1. The van der Waals surface area contributed by atoms with Gasteiger partial charge in [0.25, 0.3) is 0 Å². The molecule has 2 aliphatic heterocycles. The summed E-state index contributed by atoms with van der Waals surface area (Å²) in [5.41, 5.74) is 1.65. The van der Waals surface area contributed by atoms with Crippen molar-refractivity contribution in [2.75, 3.05) is 34.6 Å². The molecule has 0 aliphatic carbocycles. The van der Waals surface area contributed by atoms with E-state index in [2.05, 4.69) is 5.32 Å². The molecule has 0 bridgehead atoms. The van der Waals surface area contributed by atoms with Gasteiger partial charge in [-0.2, -0.15) is 8.42 Å². The summed E-state index contributed by atoms with van der Waals surface area (Å²) in [6.45, 7) is 7.61. The molecule has 0 unspecified atom stereocenters. The van der Waals surface area contributed by atoms with E-state index in [0.29, 0.717) is 36.4 Å². The molecular formula is C19H28N4O5S. The van der Waals surface area contributed by atoms with Gasteiger partial charge in [-0.15, -0.1) is 0 Å². The van der Waals surface area contributed by atoms with Gasteiger partial charge in [0.2, 0.25) is 5.91 Å². The molecular weight excluding hydrogens is 396 g/mol. The quantitative estimate of drug-likeness (QED) is 0.786. The fourth-order valence-electron chi connectivity index (χ4n) is 3.55. The highest BCUT2D eigenvalue weighted by Gasteiger charge is 2.38. The van der Waals surface area contributed by atoms with Gasteiger partial charge in [0, 0.05) is 26.3 Å². The Labute approximate surface area is 171 Å². The summed E-state index contributed by atoms with van der Waals surface area (Å²) in [5, 5.41) is 2.86. The van der Waals surface area contributed by atoms with Crippen LogP contribution in [0.3, 0.4) is 0 Å². The van der Waals surface area contributed by atoms with Gasteiger partial charge in [-0.3, -0.25) is 18.3 Å². The minimum absolute atomic E-state index is 0.312. The predicted molar refractivity (Wildman–Crippen MR) is 111 cm³/mol. The molecule has 0 spiro atoms. The molecule has 3 rings (SSSR count). The van der Waals surface area contributed by atoms with Crippen LogP contribution < -0.4 is 13.9 Å². The number of nitrogens with one attached hydrogen (secondary N) is 1. The standard InChI is InChI=1S/C19H28N4O5S/c1-12-10-15-16(22(6)29(26,27)21(15)5)11-13(12)20-17(24)14-8-7-9-23(14)18(25)28-19(2,3)4/h10-11,14H,7-9H2,1-6H3,(H,20,24)/t14-/m1/s1. The molecule has 0 saturated carbocycles. The zero-order valence-corrected chi connectivity index (χ0v) is 18.5. The number of anilines is 3. The number of rotatable bonds is 2. The maximum absolute atomic E-state index is 12.9. The maximum Gasteiger partial charge on any atom is 0.410 e. The molecule has 9 nitrogen and oxygen atoms in total. The molecule has 2 heterocycles. The first-order valence-electron chi connectivity index (χ1n) is 9.51. The monoisotopic (exact) mass is 424 g/mol. The lowest BCUT2D eigenvalue weighted by molar-refractivity contribution is -0.120. The Hall–Kier alpha value is -2.49. The Morgan fingerprint density at radius 3 is 2.31 bits per heavy atom. The van der Waals surface area contributed by atoms with Gasteiger partial charge in [0.15, 0.2) is 0 Å². The SMILES string of the molecule is Cc1cc2c(cc1NC(=O)[C@H]1CCCN1C(=O)OC(C)(C)C)N(C)S(=O)(=O)N2C. The van der Waals surface area contributed by atoms with E-state index in [1.165, 1.54) is 27.6 Å². The normalized spacial score (nSPS) is 20.6. The van der Waals surface area contributed by atoms with Crippen LogP contribution in [0.2, 0.25) is 0 Å². The highest BCUT2D eigenvalue weighted by Crippen LogP contribution is 2.42. The second-order valence-electron chi connectivity index (χ2n) is 8.42. The van der Waals surface area contributed by atoms with Gasteiger partial charge >= 0.3 is 16.3 Å². The predicted octanol–water partition coefficient (Wildman–Crippen LogP) is 2.46. The summed E-state index contributed by atoms with van der Waals surface area (Å²) in [5.74, 6) is -0.312. The van der Waals surface area contributed by atoms with Crippen LogP contribution in [0.25, 0.3) is 0 Å². The third kappa shape index (κ3) is 3.85. The molecule has 0 radical (unpaired) electrons. The van der Waals surface area contributed by atoms with Crippen LogP contribution in [0.1, 0.15) is 39.2 Å². The smallest absolute Gasteiger partial charge is 0.410 e. The number of hydrogen-bond donors (Lipinski definition) is 1. The summed E-state index contributed by atoms with van der Waals surface area (Å²) < 4.78 is 32.5. The van der Waals surface area contributed by atoms with E-state index < -0.39 is 27.9 Å². The summed E-state index contributed by atoms with van der Waals surface area (Å²) >= 11 is 0. The fraction of sp³-hybridized carbons (Fsp3) is 0.579. The number of hydrogen-bond acceptors (Lipinski definition) is 5. The Morgan fingerprint density at radius 1 is 1.14 bits per heavy atom. The number of carbonyl (C=O) groups is 2. The van der Waals surface area contributed by atoms with Gasteiger partial charge in [-0.1, -0.05) is 0 Å². The number of ether oxygens (including phenoxy) is 1. The van der Waals surface area contributed by atoms with Gasteiger partial charge in [-0.25, -0.2) is 4.79 Å². The van der Waals surface area contributed by atoms with Crippen LogP contribution in [0.4, 0.5) is 21.9 Å². The molecule has 1 aromatic rings. The van der Waals surface area contributed by atoms with Gasteiger partial charge < -0.3 is 10.1 Å². The Kier molecular flexibility index (Phi) is 5.18. The topological polar surface area (TPSA) is 99.3 Å².